The minimum atomic E-state index is -0.573. The van der Waals surface area contributed by atoms with Gasteiger partial charge in [-0.3, -0.25) is 14.4 Å². The lowest BCUT2D eigenvalue weighted by atomic mass is 10.2. The summed E-state index contributed by atoms with van der Waals surface area (Å²) in [6.45, 7) is -0.450. The Kier molecular flexibility index (Phi) is 8.57. The summed E-state index contributed by atoms with van der Waals surface area (Å²) in [5.41, 5.74) is 0.987. The van der Waals surface area contributed by atoms with Gasteiger partial charge in [0.05, 0.1) is 10.7 Å². The standard InChI is InChI=1S/C19H17Cl3N2O4/c20-12-4-7-14(8-5-12)23-17(25)2-1-3-19(27)28-11-18(26)24-16-9-6-13(21)10-15(16)22/h4-10H,1-3,11H2,(H,23,25)(H,24,26). The number of hydrogen-bond acceptors (Lipinski definition) is 4. The molecule has 0 saturated heterocycles. The van der Waals surface area contributed by atoms with E-state index in [-0.39, 0.29) is 23.8 Å². The first-order chi connectivity index (χ1) is 13.3. The van der Waals surface area contributed by atoms with Crippen molar-refractivity contribution in [3.8, 4) is 0 Å². The lowest BCUT2D eigenvalue weighted by Gasteiger charge is -2.08. The van der Waals surface area contributed by atoms with Crippen LogP contribution in [0.2, 0.25) is 15.1 Å². The van der Waals surface area contributed by atoms with E-state index in [2.05, 4.69) is 10.6 Å². The maximum atomic E-state index is 11.8. The summed E-state index contributed by atoms with van der Waals surface area (Å²) < 4.78 is 4.89. The highest BCUT2D eigenvalue weighted by Crippen LogP contribution is 2.25. The molecule has 0 aliphatic rings. The summed E-state index contributed by atoms with van der Waals surface area (Å²) >= 11 is 17.5. The van der Waals surface area contributed by atoms with Gasteiger partial charge in [-0.2, -0.15) is 0 Å². The van der Waals surface area contributed by atoms with Crippen molar-refractivity contribution in [2.75, 3.05) is 17.2 Å². The van der Waals surface area contributed by atoms with Gasteiger partial charge in [0.15, 0.2) is 6.61 Å². The Hall–Kier alpha value is -2.28. The lowest BCUT2D eigenvalue weighted by Crippen LogP contribution is -2.21. The molecule has 148 valence electrons. The SMILES string of the molecule is O=C(CCCC(=O)OCC(=O)Nc1ccc(Cl)cc1Cl)Nc1ccc(Cl)cc1. The Morgan fingerprint density at radius 1 is 0.821 bits per heavy atom. The van der Waals surface area contributed by atoms with Gasteiger partial charge < -0.3 is 15.4 Å². The number of amides is 2. The van der Waals surface area contributed by atoms with Crippen molar-refractivity contribution in [3.05, 3.63) is 57.5 Å². The van der Waals surface area contributed by atoms with Crippen LogP contribution < -0.4 is 10.6 Å². The largest absolute Gasteiger partial charge is 0.456 e. The predicted octanol–water partition coefficient (Wildman–Crippen LogP) is 4.94. The molecule has 0 aliphatic carbocycles. The van der Waals surface area contributed by atoms with Gasteiger partial charge in [0.2, 0.25) is 5.91 Å². The quantitative estimate of drug-likeness (QED) is 0.566. The van der Waals surface area contributed by atoms with Crippen molar-refractivity contribution in [2.24, 2.45) is 0 Å². The molecule has 0 heterocycles. The molecule has 2 amide bonds. The third-order valence-corrected chi connectivity index (χ3v) is 4.28. The van der Waals surface area contributed by atoms with Crippen LogP contribution in [0.1, 0.15) is 19.3 Å². The van der Waals surface area contributed by atoms with Crippen LogP contribution in [0.4, 0.5) is 11.4 Å². The molecule has 0 bridgehead atoms. The molecule has 9 heteroatoms. The number of hydrogen-bond donors (Lipinski definition) is 2. The van der Waals surface area contributed by atoms with Gasteiger partial charge in [-0.25, -0.2) is 0 Å². The molecule has 0 spiro atoms. The highest BCUT2D eigenvalue weighted by Gasteiger charge is 2.11. The molecule has 28 heavy (non-hydrogen) atoms. The van der Waals surface area contributed by atoms with Crippen molar-refractivity contribution in [2.45, 2.75) is 19.3 Å². The Balaban J connectivity index is 1.64. The molecule has 0 aromatic heterocycles. The number of halogens is 3. The van der Waals surface area contributed by atoms with Crippen LogP contribution in [0.5, 0.6) is 0 Å². The normalized spacial score (nSPS) is 10.2. The molecule has 2 N–H and O–H groups in total. The van der Waals surface area contributed by atoms with Crippen LogP contribution in [-0.2, 0) is 19.1 Å². The molecule has 0 unspecified atom stereocenters. The van der Waals surface area contributed by atoms with Gasteiger partial charge in [0.25, 0.3) is 5.91 Å². The minimum Gasteiger partial charge on any atom is -0.456 e. The Morgan fingerprint density at radius 3 is 2.18 bits per heavy atom. The van der Waals surface area contributed by atoms with E-state index in [1.54, 1.807) is 36.4 Å². The molecule has 0 aliphatic heterocycles. The van der Waals surface area contributed by atoms with Crippen molar-refractivity contribution >= 4 is 64.0 Å². The van der Waals surface area contributed by atoms with Gasteiger partial charge in [0.1, 0.15) is 0 Å². The molecule has 0 atom stereocenters. The average molecular weight is 444 g/mol. The predicted molar refractivity (Wildman–Crippen MR) is 110 cm³/mol. The zero-order chi connectivity index (χ0) is 20.5. The van der Waals surface area contributed by atoms with Gasteiger partial charge in [0, 0.05) is 28.6 Å². The van der Waals surface area contributed by atoms with E-state index in [0.717, 1.165) is 0 Å². The number of nitrogens with one attached hydrogen (secondary N) is 2. The fourth-order valence-corrected chi connectivity index (χ4v) is 2.73. The molecule has 2 aromatic rings. The van der Waals surface area contributed by atoms with Gasteiger partial charge >= 0.3 is 5.97 Å². The van der Waals surface area contributed by atoms with E-state index in [4.69, 9.17) is 39.5 Å². The minimum absolute atomic E-state index is 0.0169. The average Bonchev–Trinajstić information content (AvgIpc) is 2.64. The van der Waals surface area contributed by atoms with Crippen LogP contribution in [0.15, 0.2) is 42.5 Å². The fourth-order valence-electron chi connectivity index (χ4n) is 2.15. The van der Waals surface area contributed by atoms with Gasteiger partial charge in [-0.15, -0.1) is 0 Å². The van der Waals surface area contributed by atoms with Crippen molar-refractivity contribution in [3.63, 3.8) is 0 Å². The van der Waals surface area contributed by atoms with E-state index in [9.17, 15) is 14.4 Å². The van der Waals surface area contributed by atoms with E-state index in [0.29, 0.717) is 27.8 Å². The third-order valence-electron chi connectivity index (χ3n) is 3.48. The summed E-state index contributed by atoms with van der Waals surface area (Å²) in [5, 5.41) is 6.50. The smallest absolute Gasteiger partial charge is 0.306 e. The maximum Gasteiger partial charge on any atom is 0.306 e. The highest BCUT2D eigenvalue weighted by atomic mass is 35.5. The molecule has 2 aromatic carbocycles. The molecular formula is C19H17Cl3N2O4. The van der Waals surface area contributed by atoms with E-state index < -0.39 is 18.5 Å². The van der Waals surface area contributed by atoms with Crippen LogP contribution in [0.3, 0.4) is 0 Å². The number of ether oxygens (including phenoxy) is 1. The lowest BCUT2D eigenvalue weighted by molar-refractivity contribution is -0.147. The topological polar surface area (TPSA) is 84.5 Å². The Labute approximate surface area is 177 Å². The fraction of sp³-hybridized carbons (Fsp3) is 0.211. The molecule has 0 radical (unpaired) electrons. The van der Waals surface area contributed by atoms with E-state index in [1.165, 1.54) is 6.07 Å². The van der Waals surface area contributed by atoms with Gasteiger partial charge in [-0.05, 0) is 48.9 Å². The molecule has 0 fully saturated rings. The maximum absolute atomic E-state index is 11.8. The monoisotopic (exact) mass is 442 g/mol. The van der Waals surface area contributed by atoms with Crippen molar-refractivity contribution in [1.82, 2.24) is 0 Å². The van der Waals surface area contributed by atoms with E-state index in [1.807, 2.05) is 0 Å². The van der Waals surface area contributed by atoms with Gasteiger partial charge in [-0.1, -0.05) is 34.8 Å². The molecule has 0 saturated carbocycles. The number of carbonyl (C=O) groups excluding carboxylic acids is 3. The first-order valence-corrected chi connectivity index (χ1v) is 9.43. The zero-order valence-corrected chi connectivity index (χ0v) is 16.9. The summed E-state index contributed by atoms with van der Waals surface area (Å²) in [5.74, 6) is -1.33. The summed E-state index contributed by atoms with van der Waals surface area (Å²) in [7, 11) is 0. The number of rotatable bonds is 8. The summed E-state index contributed by atoms with van der Waals surface area (Å²) in [4.78, 5) is 35.3. The second-order valence-electron chi connectivity index (χ2n) is 5.74. The zero-order valence-electron chi connectivity index (χ0n) is 14.6. The second-order valence-corrected chi connectivity index (χ2v) is 7.02. The Bertz CT molecular complexity index is 857. The van der Waals surface area contributed by atoms with Crippen molar-refractivity contribution in [1.29, 1.82) is 0 Å². The summed E-state index contributed by atoms with van der Waals surface area (Å²) in [6, 6.07) is 11.3. The van der Waals surface area contributed by atoms with Crippen LogP contribution in [0, 0.1) is 0 Å². The van der Waals surface area contributed by atoms with Crippen LogP contribution in [0.25, 0.3) is 0 Å². The third kappa shape index (κ3) is 7.76. The number of esters is 1. The van der Waals surface area contributed by atoms with Crippen LogP contribution in [-0.4, -0.2) is 24.4 Å². The molecular weight excluding hydrogens is 427 g/mol. The second kappa shape index (κ2) is 10.9. The first kappa shape index (κ1) is 22.0. The van der Waals surface area contributed by atoms with Crippen molar-refractivity contribution < 1.29 is 19.1 Å². The van der Waals surface area contributed by atoms with Crippen LogP contribution >= 0.6 is 34.8 Å². The molecule has 2 rings (SSSR count). The highest BCUT2D eigenvalue weighted by molar-refractivity contribution is 6.36. The first-order valence-electron chi connectivity index (χ1n) is 8.29. The number of benzene rings is 2. The molecule has 6 nitrogen and oxygen atoms in total. The summed E-state index contributed by atoms with van der Waals surface area (Å²) in [6.07, 6.45) is 0.455. The number of carbonyl (C=O) groups is 3. The number of anilines is 2. The Morgan fingerprint density at radius 2 is 1.50 bits per heavy atom. The van der Waals surface area contributed by atoms with E-state index >= 15 is 0 Å².